The van der Waals surface area contributed by atoms with Crippen LogP contribution in [0.3, 0.4) is 0 Å². The molecule has 1 N–H and O–H groups in total. The zero-order chi connectivity index (χ0) is 16.7. The molecule has 2 aromatic heterocycles. The highest BCUT2D eigenvalue weighted by Gasteiger charge is 2.33. The number of rotatable bonds is 6. The number of hydrogen-bond acceptors (Lipinski definition) is 5. The van der Waals surface area contributed by atoms with E-state index in [4.69, 9.17) is 9.72 Å². The molecule has 5 nitrogen and oxygen atoms in total. The second-order valence-electron chi connectivity index (χ2n) is 7.13. The summed E-state index contributed by atoms with van der Waals surface area (Å²) in [6.07, 6.45) is 3.93. The van der Waals surface area contributed by atoms with Gasteiger partial charge in [0.1, 0.15) is 0 Å². The van der Waals surface area contributed by atoms with Gasteiger partial charge in [-0.1, -0.05) is 0 Å². The van der Waals surface area contributed by atoms with Crippen molar-refractivity contribution >= 4 is 11.3 Å². The van der Waals surface area contributed by atoms with Gasteiger partial charge in [0, 0.05) is 55.2 Å². The Balaban J connectivity index is 1.36. The molecule has 3 heterocycles. The summed E-state index contributed by atoms with van der Waals surface area (Å²) in [5.41, 5.74) is 4.79. The van der Waals surface area contributed by atoms with Crippen molar-refractivity contribution in [2.45, 2.75) is 51.7 Å². The average molecular weight is 347 g/mol. The summed E-state index contributed by atoms with van der Waals surface area (Å²) >= 11 is 1.82. The number of nitrogens with zero attached hydrogens (tertiary/aromatic N) is 3. The Bertz CT molecular complexity index is 719. The Morgan fingerprint density at radius 1 is 1.33 bits per heavy atom. The minimum atomic E-state index is 0.170. The number of ether oxygens (including phenoxy) is 1. The summed E-state index contributed by atoms with van der Waals surface area (Å²) in [6.45, 7) is 6.89. The van der Waals surface area contributed by atoms with Gasteiger partial charge in [-0.05, 0) is 33.1 Å². The van der Waals surface area contributed by atoms with E-state index in [0.29, 0.717) is 5.92 Å². The lowest BCUT2D eigenvalue weighted by Gasteiger charge is -2.19. The van der Waals surface area contributed by atoms with E-state index < -0.39 is 0 Å². The average Bonchev–Trinajstić information content (AvgIpc) is 3.03. The first kappa shape index (κ1) is 16.2. The molecule has 0 amide bonds. The van der Waals surface area contributed by atoms with Gasteiger partial charge in [0.25, 0.3) is 0 Å². The van der Waals surface area contributed by atoms with E-state index in [1.54, 1.807) is 0 Å². The van der Waals surface area contributed by atoms with Crippen LogP contribution in [0.4, 0.5) is 0 Å². The lowest BCUT2D eigenvalue weighted by molar-refractivity contribution is 0.0893. The van der Waals surface area contributed by atoms with E-state index in [1.807, 2.05) is 23.1 Å². The first-order valence-electron chi connectivity index (χ1n) is 8.90. The molecule has 2 aliphatic rings. The van der Waals surface area contributed by atoms with E-state index in [0.717, 1.165) is 37.7 Å². The third kappa shape index (κ3) is 3.15. The maximum atomic E-state index is 6.07. The SMILES string of the molecule is Cc1nn(C)c(C)c1[C@H]1OCC[C@@H]1CNCc1csc(C2CC2)n1. The third-order valence-corrected chi connectivity index (χ3v) is 6.33. The summed E-state index contributed by atoms with van der Waals surface area (Å²) < 4.78 is 8.03. The molecule has 1 saturated carbocycles. The molecule has 0 bridgehead atoms. The molecule has 2 fully saturated rings. The highest BCUT2D eigenvalue weighted by atomic mass is 32.1. The van der Waals surface area contributed by atoms with Crippen molar-refractivity contribution in [2.75, 3.05) is 13.2 Å². The Kier molecular flexibility index (Phi) is 4.45. The topological polar surface area (TPSA) is 52.0 Å². The van der Waals surface area contributed by atoms with Gasteiger partial charge in [0.15, 0.2) is 0 Å². The van der Waals surface area contributed by atoms with Gasteiger partial charge in [0.05, 0.1) is 22.5 Å². The summed E-state index contributed by atoms with van der Waals surface area (Å²) in [7, 11) is 2.01. The molecule has 0 aromatic carbocycles. The summed E-state index contributed by atoms with van der Waals surface area (Å²) in [5, 5.41) is 11.7. The summed E-state index contributed by atoms with van der Waals surface area (Å²) in [4.78, 5) is 4.76. The Morgan fingerprint density at radius 3 is 2.88 bits per heavy atom. The first-order valence-corrected chi connectivity index (χ1v) is 9.78. The second kappa shape index (κ2) is 6.58. The molecule has 2 atom stereocenters. The fraction of sp³-hybridized carbons (Fsp3) is 0.667. The van der Waals surface area contributed by atoms with Crippen molar-refractivity contribution in [1.82, 2.24) is 20.1 Å². The van der Waals surface area contributed by atoms with E-state index in [2.05, 4.69) is 29.6 Å². The number of hydrogen-bond donors (Lipinski definition) is 1. The first-order chi connectivity index (χ1) is 11.6. The highest BCUT2D eigenvalue weighted by molar-refractivity contribution is 7.09. The Labute approximate surface area is 147 Å². The smallest absolute Gasteiger partial charge is 0.0959 e. The zero-order valence-corrected chi connectivity index (χ0v) is 15.5. The quantitative estimate of drug-likeness (QED) is 0.872. The molecule has 1 aliphatic heterocycles. The second-order valence-corrected chi connectivity index (χ2v) is 8.02. The van der Waals surface area contributed by atoms with Crippen molar-refractivity contribution < 1.29 is 4.74 Å². The molecular formula is C18H26N4OS. The molecule has 0 radical (unpaired) electrons. The van der Waals surface area contributed by atoms with Crippen LogP contribution in [0.1, 0.15) is 58.9 Å². The normalized spacial score (nSPS) is 24.0. The maximum absolute atomic E-state index is 6.07. The van der Waals surface area contributed by atoms with E-state index in [9.17, 15) is 0 Å². The number of nitrogens with one attached hydrogen (secondary N) is 1. The van der Waals surface area contributed by atoms with Crippen LogP contribution in [-0.4, -0.2) is 27.9 Å². The van der Waals surface area contributed by atoms with Crippen LogP contribution in [0.5, 0.6) is 0 Å². The summed E-state index contributed by atoms with van der Waals surface area (Å²) in [5.74, 6) is 1.26. The van der Waals surface area contributed by atoms with Crippen LogP contribution in [0.15, 0.2) is 5.38 Å². The van der Waals surface area contributed by atoms with Crippen LogP contribution < -0.4 is 5.32 Å². The van der Waals surface area contributed by atoms with Crippen LogP contribution in [0.25, 0.3) is 0 Å². The van der Waals surface area contributed by atoms with Crippen LogP contribution in [0, 0.1) is 19.8 Å². The molecule has 130 valence electrons. The van der Waals surface area contributed by atoms with Crippen LogP contribution >= 0.6 is 11.3 Å². The van der Waals surface area contributed by atoms with Crippen molar-refractivity contribution in [1.29, 1.82) is 0 Å². The largest absolute Gasteiger partial charge is 0.373 e. The third-order valence-electron chi connectivity index (χ3n) is 5.27. The molecule has 1 aliphatic carbocycles. The van der Waals surface area contributed by atoms with Gasteiger partial charge in [-0.2, -0.15) is 5.10 Å². The lowest BCUT2D eigenvalue weighted by atomic mass is 9.94. The molecule has 6 heteroatoms. The number of aromatic nitrogens is 3. The van der Waals surface area contributed by atoms with Crippen molar-refractivity contribution in [3.63, 3.8) is 0 Å². The zero-order valence-electron chi connectivity index (χ0n) is 14.7. The molecular weight excluding hydrogens is 320 g/mol. The molecule has 4 rings (SSSR count). The number of aryl methyl sites for hydroxylation is 2. The van der Waals surface area contributed by atoms with E-state index in [1.165, 1.54) is 34.8 Å². The maximum Gasteiger partial charge on any atom is 0.0959 e. The lowest BCUT2D eigenvalue weighted by Crippen LogP contribution is -2.25. The van der Waals surface area contributed by atoms with Gasteiger partial charge in [-0.3, -0.25) is 4.68 Å². The summed E-state index contributed by atoms with van der Waals surface area (Å²) in [6, 6.07) is 0. The van der Waals surface area contributed by atoms with Gasteiger partial charge >= 0.3 is 0 Å². The molecule has 0 unspecified atom stereocenters. The van der Waals surface area contributed by atoms with Gasteiger partial charge in [0.2, 0.25) is 0 Å². The number of thiazole rings is 1. The minimum absolute atomic E-state index is 0.170. The van der Waals surface area contributed by atoms with E-state index in [-0.39, 0.29) is 6.10 Å². The molecule has 2 aromatic rings. The van der Waals surface area contributed by atoms with Crippen molar-refractivity contribution in [3.05, 3.63) is 33.0 Å². The van der Waals surface area contributed by atoms with Gasteiger partial charge in [-0.25, -0.2) is 4.98 Å². The van der Waals surface area contributed by atoms with Gasteiger partial charge in [-0.15, -0.1) is 11.3 Å². The fourth-order valence-electron chi connectivity index (χ4n) is 3.67. The molecule has 1 saturated heterocycles. The molecule has 0 spiro atoms. The minimum Gasteiger partial charge on any atom is -0.373 e. The predicted octanol–water partition coefficient (Wildman–Crippen LogP) is 3.24. The highest BCUT2D eigenvalue weighted by Crippen LogP contribution is 2.41. The monoisotopic (exact) mass is 346 g/mol. The standard InChI is InChI=1S/C18H26N4OS/c1-11-16(12(2)22(3)21-11)17-14(6-7-23-17)8-19-9-15-10-24-18(20-15)13-4-5-13/h10,13-14,17,19H,4-9H2,1-3H3/t14-,17+/m1/s1. The van der Waals surface area contributed by atoms with Crippen molar-refractivity contribution in [3.8, 4) is 0 Å². The van der Waals surface area contributed by atoms with Crippen molar-refractivity contribution in [2.24, 2.45) is 13.0 Å². The predicted molar refractivity (Wildman–Crippen MR) is 95.3 cm³/mol. The Hall–Kier alpha value is -1.24. The molecule has 24 heavy (non-hydrogen) atoms. The Morgan fingerprint density at radius 2 is 2.17 bits per heavy atom. The fourth-order valence-corrected chi connectivity index (χ4v) is 4.66. The van der Waals surface area contributed by atoms with Crippen LogP contribution in [-0.2, 0) is 18.3 Å². The van der Waals surface area contributed by atoms with E-state index >= 15 is 0 Å². The van der Waals surface area contributed by atoms with Crippen LogP contribution in [0.2, 0.25) is 0 Å². The van der Waals surface area contributed by atoms with Gasteiger partial charge < -0.3 is 10.1 Å².